The summed E-state index contributed by atoms with van der Waals surface area (Å²) in [7, 11) is 0. The van der Waals surface area contributed by atoms with Crippen molar-refractivity contribution in [2.75, 3.05) is 13.2 Å². The van der Waals surface area contributed by atoms with Crippen LogP contribution in [0, 0.1) is 6.92 Å². The molecule has 1 aliphatic heterocycles. The summed E-state index contributed by atoms with van der Waals surface area (Å²) in [5, 5.41) is 3.67. The number of nitrogens with one attached hydrogen (secondary N) is 1. The molecule has 102 valence electrons. The van der Waals surface area contributed by atoms with E-state index in [0.29, 0.717) is 6.04 Å². The highest BCUT2D eigenvalue weighted by Gasteiger charge is 2.39. The minimum absolute atomic E-state index is 0.0497. The van der Waals surface area contributed by atoms with Crippen LogP contribution in [0.1, 0.15) is 49.6 Å². The van der Waals surface area contributed by atoms with E-state index >= 15 is 0 Å². The van der Waals surface area contributed by atoms with Gasteiger partial charge in [-0.3, -0.25) is 0 Å². The van der Waals surface area contributed by atoms with E-state index in [1.165, 1.54) is 20.6 Å². The molecule has 1 aliphatic rings. The van der Waals surface area contributed by atoms with E-state index in [9.17, 15) is 0 Å². The van der Waals surface area contributed by atoms with Gasteiger partial charge in [0.1, 0.15) is 0 Å². The zero-order valence-corrected chi connectivity index (χ0v) is 13.8. The van der Waals surface area contributed by atoms with Gasteiger partial charge < -0.3 is 10.1 Å². The fraction of sp³-hybridized carbons (Fsp3) is 0.714. The Labute approximate surface area is 122 Å². The van der Waals surface area contributed by atoms with Crippen LogP contribution in [-0.2, 0) is 4.74 Å². The van der Waals surface area contributed by atoms with Crippen molar-refractivity contribution >= 4 is 27.3 Å². The van der Waals surface area contributed by atoms with E-state index in [4.69, 9.17) is 4.74 Å². The first-order valence-corrected chi connectivity index (χ1v) is 8.31. The van der Waals surface area contributed by atoms with Gasteiger partial charge >= 0.3 is 0 Å². The van der Waals surface area contributed by atoms with E-state index in [1.807, 2.05) is 11.3 Å². The molecule has 0 aromatic carbocycles. The Morgan fingerprint density at radius 3 is 2.89 bits per heavy atom. The largest absolute Gasteiger partial charge is 0.373 e. The summed E-state index contributed by atoms with van der Waals surface area (Å²) >= 11 is 5.46. The van der Waals surface area contributed by atoms with Gasteiger partial charge in [-0.1, -0.05) is 6.92 Å². The van der Waals surface area contributed by atoms with E-state index < -0.39 is 0 Å². The molecule has 1 aromatic rings. The maximum absolute atomic E-state index is 6.03. The first-order valence-electron chi connectivity index (χ1n) is 6.70. The average molecular weight is 332 g/mol. The third kappa shape index (κ3) is 2.98. The molecule has 1 aromatic heterocycles. The molecule has 0 spiro atoms. The van der Waals surface area contributed by atoms with Crippen molar-refractivity contribution in [2.24, 2.45) is 0 Å². The molecule has 18 heavy (non-hydrogen) atoms. The number of aryl methyl sites for hydroxylation is 1. The lowest BCUT2D eigenvalue weighted by molar-refractivity contribution is -0.0115. The first-order chi connectivity index (χ1) is 8.57. The van der Waals surface area contributed by atoms with E-state index in [1.54, 1.807) is 0 Å². The molecule has 4 heteroatoms. The van der Waals surface area contributed by atoms with Gasteiger partial charge in [0.05, 0.1) is 15.4 Å². The zero-order chi connectivity index (χ0) is 13.2. The molecule has 2 nitrogen and oxygen atoms in total. The predicted octanol–water partition coefficient (Wildman–Crippen LogP) is 4.43. The Hall–Kier alpha value is 0.1000. The summed E-state index contributed by atoms with van der Waals surface area (Å²) in [6.07, 6.45) is 3.47. The molecule has 0 bridgehead atoms. The van der Waals surface area contributed by atoms with Crippen LogP contribution in [0.3, 0.4) is 0 Å². The second-order valence-corrected chi connectivity index (χ2v) is 7.66. The average Bonchev–Trinajstić information content (AvgIpc) is 2.88. The standard InChI is InChI=1S/C14H22BrNOS/c1-4-7-16-12(14(3)6-5-8-17-14)11-9-10(2)13(15)18-11/h9,12,16H,4-8H2,1-3H3. The highest BCUT2D eigenvalue weighted by atomic mass is 79.9. The maximum Gasteiger partial charge on any atom is 0.0857 e. The summed E-state index contributed by atoms with van der Waals surface area (Å²) in [6.45, 7) is 8.54. The number of rotatable bonds is 5. The monoisotopic (exact) mass is 331 g/mol. The maximum atomic E-state index is 6.03. The minimum atomic E-state index is -0.0497. The lowest BCUT2D eigenvalue weighted by Crippen LogP contribution is -2.41. The molecule has 2 unspecified atom stereocenters. The fourth-order valence-corrected chi connectivity index (χ4v) is 4.35. The topological polar surface area (TPSA) is 21.3 Å². The Balaban J connectivity index is 2.24. The van der Waals surface area contributed by atoms with Crippen molar-refractivity contribution in [3.63, 3.8) is 0 Å². The summed E-state index contributed by atoms with van der Waals surface area (Å²) in [4.78, 5) is 1.39. The van der Waals surface area contributed by atoms with Gasteiger partial charge in [-0.15, -0.1) is 11.3 Å². The van der Waals surface area contributed by atoms with Gasteiger partial charge in [-0.2, -0.15) is 0 Å². The van der Waals surface area contributed by atoms with Gasteiger partial charge in [0.25, 0.3) is 0 Å². The SMILES string of the molecule is CCCNC(c1cc(C)c(Br)s1)C1(C)CCCO1. The second kappa shape index (κ2) is 6.04. The van der Waals surface area contributed by atoms with Crippen LogP contribution in [0.25, 0.3) is 0 Å². The molecule has 2 rings (SSSR count). The summed E-state index contributed by atoms with van der Waals surface area (Å²) < 4.78 is 7.27. The molecular formula is C14H22BrNOS. The normalized spacial score (nSPS) is 25.6. The third-order valence-electron chi connectivity index (χ3n) is 3.62. The van der Waals surface area contributed by atoms with E-state index in [0.717, 1.165) is 26.0 Å². The van der Waals surface area contributed by atoms with Crippen molar-refractivity contribution in [3.05, 3.63) is 20.3 Å². The van der Waals surface area contributed by atoms with E-state index in [-0.39, 0.29) is 5.60 Å². The molecule has 0 saturated carbocycles. The number of halogens is 1. The van der Waals surface area contributed by atoms with Crippen LogP contribution in [-0.4, -0.2) is 18.8 Å². The fourth-order valence-electron chi connectivity index (χ4n) is 2.56. The van der Waals surface area contributed by atoms with Gasteiger partial charge in [-0.05, 0) is 67.2 Å². The quantitative estimate of drug-likeness (QED) is 0.861. The smallest absolute Gasteiger partial charge is 0.0857 e. The number of ether oxygens (including phenoxy) is 1. The number of thiophene rings is 1. The lowest BCUT2D eigenvalue weighted by atomic mass is 9.91. The van der Waals surface area contributed by atoms with Crippen LogP contribution in [0.2, 0.25) is 0 Å². The molecule has 1 N–H and O–H groups in total. The van der Waals surface area contributed by atoms with Gasteiger partial charge in [0.15, 0.2) is 0 Å². The molecule has 0 aliphatic carbocycles. The summed E-state index contributed by atoms with van der Waals surface area (Å²) in [6, 6.07) is 2.60. The predicted molar refractivity (Wildman–Crippen MR) is 81.4 cm³/mol. The Morgan fingerprint density at radius 1 is 1.61 bits per heavy atom. The van der Waals surface area contributed by atoms with Gasteiger partial charge in [0.2, 0.25) is 0 Å². The second-order valence-electron chi connectivity index (χ2n) is 5.26. The molecule has 0 amide bonds. The Morgan fingerprint density at radius 2 is 2.39 bits per heavy atom. The molecule has 1 fully saturated rings. The summed E-state index contributed by atoms with van der Waals surface area (Å²) in [5.74, 6) is 0. The number of hydrogen-bond donors (Lipinski definition) is 1. The molecule has 2 atom stereocenters. The van der Waals surface area contributed by atoms with Crippen LogP contribution in [0.5, 0.6) is 0 Å². The molecule has 2 heterocycles. The highest BCUT2D eigenvalue weighted by Crippen LogP contribution is 2.41. The third-order valence-corrected chi connectivity index (χ3v) is 5.82. The molecular weight excluding hydrogens is 310 g/mol. The zero-order valence-electron chi connectivity index (χ0n) is 11.4. The minimum Gasteiger partial charge on any atom is -0.373 e. The number of hydrogen-bond acceptors (Lipinski definition) is 3. The van der Waals surface area contributed by atoms with E-state index in [2.05, 4.69) is 48.1 Å². The van der Waals surface area contributed by atoms with Crippen LogP contribution in [0.4, 0.5) is 0 Å². The van der Waals surface area contributed by atoms with Crippen molar-refractivity contribution in [2.45, 2.75) is 51.7 Å². The van der Waals surface area contributed by atoms with Crippen molar-refractivity contribution in [1.82, 2.24) is 5.32 Å². The summed E-state index contributed by atoms with van der Waals surface area (Å²) in [5.41, 5.74) is 1.27. The Kier molecular flexibility index (Phi) is 4.86. The molecule has 0 radical (unpaired) electrons. The van der Waals surface area contributed by atoms with Crippen molar-refractivity contribution < 1.29 is 4.74 Å². The lowest BCUT2D eigenvalue weighted by Gasteiger charge is -2.33. The first kappa shape index (κ1) is 14.5. The van der Waals surface area contributed by atoms with Gasteiger partial charge in [0, 0.05) is 11.5 Å². The highest BCUT2D eigenvalue weighted by molar-refractivity contribution is 9.11. The van der Waals surface area contributed by atoms with Crippen molar-refractivity contribution in [3.8, 4) is 0 Å². The van der Waals surface area contributed by atoms with Gasteiger partial charge in [-0.25, -0.2) is 0 Å². The Bertz CT molecular complexity index is 379. The van der Waals surface area contributed by atoms with Crippen LogP contribution < -0.4 is 5.32 Å². The van der Waals surface area contributed by atoms with Crippen molar-refractivity contribution in [1.29, 1.82) is 0 Å². The van der Waals surface area contributed by atoms with Crippen LogP contribution in [0.15, 0.2) is 9.85 Å². The molecule has 1 saturated heterocycles. The van der Waals surface area contributed by atoms with Crippen LogP contribution >= 0.6 is 27.3 Å².